The van der Waals surface area contributed by atoms with Crippen molar-refractivity contribution in [3.63, 3.8) is 0 Å². The smallest absolute Gasteiger partial charge is 0.248 e. The van der Waals surface area contributed by atoms with Gasteiger partial charge in [-0.1, -0.05) is 6.92 Å². The van der Waals surface area contributed by atoms with Gasteiger partial charge < -0.3 is 0 Å². The summed E-state index contributed by atoms with van der Waals surface area (Å²) < 4.78 is 0.855. The zero-order valence-corrected chi connectivity index (χ0v) is 9.19. The van der Waals surface area contributed by atoms with Crippen molar-refractivity contribution < 1.29 is 4.92 Å². The van der Waals surface area contributed by atoms with Crippen LogP contribution in [0.3, 0.4) is 0 Å². The number of halogens is 1. The molecule has 74 valence electrons. The molecule has 0 aliphatic carbocycles. The summed E-state index contributed by atoms with van der Waals surface area (Å²) in [5.74, 6) is 0. The van der Waals surface area contributed by atoms with Gasteiger partial charge in [0.2, 0.25) is 5.70 Å². The summed E-state index contributed by atoms with van der Waals surface area (Å²) in [4.78, 5) is 14.1. The van der Waals surface area contributed by atoms with Crippen molar-refractivity contribution in [2.75, 3.05) is 0 Å². The number of allylic oxidation sites excluding steroid dienone is 1. The van der Waals surface area contributed by atoms with E-state index in [0.29, 0.717) is 12.1 Å². The lowest BCUT2D eigenvalue weighted by atomic mass is 10.2. The zero-order chi connectivity index (χ0) is 10.6. The highest BCUT2D eigenvalue weighted by Crippen LogP contribution is 2.11. The van der Waals surface area contributed by atoms with E-state index >= 15 is 0 Å². The summed E-state index contributed by atoms with van der Waals surface area (Å²) >= 11 is 3.24. The van der Waals surface area contributed by atoms with Gasteiger partial charge in [0, 0.05) is 23.2 Å². The Morgan fingerprint density at radius 3 is 2.86 bits per heavy atom. The number of nitro groups is 1. The van der Waals surface area contributed by atoms with Crippen molar-refractivity contribution in [1.29, 1.82) is 0 Å². The second kappa shape index (κ2) is 4.85. The van der Waals surface area contributed by atoms with Crippen LogP contribution in [0.2, 0.25) is 0 Å². The van der Waals surface area contributed by atoms with Crippen LogP contribution >= 0.6 is 15.9 Å². The molecule has 14 heavy (non-hydrogen) atoms. The number of hydrogen-bond donors (Lipinski definition) is 0. The van der Waals surface area contributed by atoms with Crippen LogP contribution < -0.4 is 0 Å². The molecule has 1 heterocycles. The molecule has 0 bridgehead atoms. The summed E-state index contributed by atoms with van der Waals surface area (Å²) in [5.41, 5.74) is 0.765. The van der Waals surface area contributed by atoms with Crippen LogP contribution in [0.25, 0.3) is 6.08 Å². The van der Waals surface area contributed by atoms with Crippen molar-refractivity contribution in [2.45, 2.75) is 13.3 Å². The minimum absolute atomic E-state index is 0.167. The molecule has 4 nitrogen and oxygen atoms in total. The Morgan fingerprint density at radius 1 is 1.71 bits per heavy atom. The third-order valence-corrected chi connectivity index (χ3v) is 2.13. The lowest BCUT2D eigenvalue weighted by Gasteiger charge is -1.95. The molecule has 5 heteroatoms. The van der Waals surface area contributed by atoms with Crippen LogP contribution in [0.1, 0.15) is 19.0 Å². The first-order valence-electron chi connectivity index (χ1n) is 4.10. The van der Waals surface area contributed by atoms with E-state index in [9.17, 15) is 10.1 Å². The van der Waals surface area contributed by atoms with Crippen LogP contribution in [-0.2, 0) is 0 Å². The van der Waals surface area contributed by atoms with E-state index in [2.05, 4.69) is 20.9 Å². The summed E-state index contributed by atoms with van der Waals surface area (Å²) in [6, 6.07) is 3.52. The van der Waals surface area contributed by atoms with Gasteiger partial charge in [0.1, 0.15) is 0 Å². The van der Waals surface area contributed by atoms with E-state index in [1.807, 2.05) is 0 Å². The molecule has 0 aliphatic rings. The van der Waals surface area contributed by atoms with Crippen LogP contribution in [0.15, 0.2) is 28.5 Å². The van der Waals surface area contributed by atoms with Crippen molar-refractivity contribution in [3.05, 3.63) is 44.3 Å². The van der Waals surface area contributed by atoms with E-state index in [1.54, 1.807) is 25.3 Å². The Bertz CT molecular complexity index is 360. The van der Waals surface area contributed by atoms with E-state index in [1.165, 1.54) is 6.08 Å². The molecule has 0 saturated carbocycles. The maximum atomic E-state index is 10.5. The van der Waals surface area contributed by atoms with Crippen LogP contribution in [0.5, 0.6) is 0 Å². The summed E-state index contributed by atoms with van der Waals surface area (Å²) in [6.07, 6.45) is 3.48. The van der Waals surface area contributed by atoms with E-state index in [4.69, 9.17) is 0 Å². The number of pyridine rings is 1. The van der Waals surface area contributed by atoms with Gasteiger partial charge in [0.25, 0.3) is 0 Å². The molecule has 0 saturated heterocycles. The normalized spacial score (nSPS) is 11.4. The second-order valence-corrected chi connectivity index (χ2v) is 3.56. The van der Waals surface area contributed by atoms with Gasteiger partial charge in [0.15, 0.2) is 0 Å². The molecular weight excluding hydrogens is 248 g/mol. The molecule has 0 spiro atoms. The molecule has 1 aromatic rings. The highest BCUT2D eigenvalue weighted by molar-refractivity contribution is 9.10. The molecular formula is C9H9BrN2O2. The third-order valence-electron chi connectivity index (χ3n) is 1.66. The van der Waals surface area contributed by atoms with E-state index in [0.717, 1.165) is 4.47 Å². The lowest BCUT2D eigenvalue weighted by Crippen LogP contribution is -1.97. The first kappa shape index (κ1) is 10.8. The first-order valence-corrected chi connectivity index (χ1v) is 4.89. The number of aromatic nitrogens is 1. The highest BCUT2D eigenvalue weighted by atomic mass is 79.9. The predicted molar refractivity (Wildman–Crippen MR) is 57.2 cm³/mol. The van der Waals surface area contributed by atoms with Crippen molar-refractivity contribution in [1.82, 2.24) is 4.98 Å². The van der Waals surface area contributed by atoms with E-state index in [-0.39, 0.29) is 10.6 Å². The number of rotatable bonds is 3. The average Bonchev–Trinajstić information content (AvgIpc) is 2.16. The van der Waals surface area contributed by atoms with Crippen LogP contribution in [0, 0.1) is 10.1 Å². The second-order valence-electron chi connectivity index (χ2n) is 2.65. The molecule has 0 radical (unpaired) electrons. The van der Waals surface area contributed by atoms with Gasteiger partial charge in [-0.3, -0.25) is 15.1 Å². The van der Waals surface area contributed by atoms with E-state index < -0.39 is 0 Å². The number of hydrogen-bond acceptors (Lipinski definition) is 3. The largest absolute Gasteiger partial charge is 0.259 e. The molecule has 0 amide bonds. The maximum absolute atomic E-state index is 10.5. The highest BCUT2D eigenvalue weighted by Gasteiger charge is 2.07. The first-order chi connectivity index (χ1) is 6.63. The molecule has 1 rings (SSSR count). The minimum atomic E-state index is -0.385. The molecule has 1 aromatic heterocycles. The Balaban J connectivity index is 2.95. The maximum Gasteiger partial charge on any atom is 0.248 e. The van der Waals surface area contributed by atoms with Gasteiger partial charge in [-0.05, 0) is 28.1 Å². The van der Waals surface area contributed by atoms with Gasteiger partial charge in [0.05, 0.1) is 10.6 Å². The van der Waals surface area contributed by atoms with Gasteiger partial charge in [-0.2, -0.15) is 0 Å². The number of nitrogens with zero attached hydrogens (tertiary/aromatic N) is 2. The summed E-state index contributed by atoms with van der Waals surface area (Å²) in [6.45, 7) is 1.74. The molecule has 0 aliphatic heterocycles. The van der Waals surface area contributed by atoms with Crippen molar-refractivity contribution in [3.8, 4) is 0 Å². The van der Waals surface area contributed by atoms with Crippen molar-refractivity contribution >= 4 is 22.0 Å². The SMILES string of the molecule is CC/C(=C/c1ccc(Br)cn1)[N+](=O)[O-]. The molecule has 0 unspecified atom stereocenters. The minimum Gasteiger partial charge on any atom is -0.259 e. The quantitative estimate of drug-likeness (QED) is 0.617. The predicted octanol–water partition coefficient (Wildman–Crippen LogP) is 2.87. The Hall–Kier alpha value is -1.23. The molecule has 0 aromatic carbocycles. The molecule has 0 fully saturated rings. The zero-order valence-electron chi connectivity index (χ0n) is 7.61. The standard InChI is InChI=1S/C9H9BrN2O2/c1-2-9(12(13)14)5-8-4-3-7(10)6-11-8/h3-6H,2H2,1H3/b9-5-. The molecule has 0 N–H and O–H groups in total. The van der Waals surface area contributed by atoms with Crippen molar-refractivity contribution in [2.24, 2.45) is 0 Å². The lowest BCUT2D eigenvalue weighted by molar-refractivity contribution is -0.425. The van der Waals surface area contributed by atoms with Gasteiger partial charge >= 0.3 is 0 Å². The summed E-state index contributed by atoms with van der Waals surface area (Å²) in [7, 11) is 0. The van der Waals surface area contributed by atoms with Crippen LogP contribution in [-0.4, -0.2) is 9.91 Å². The third kappa shape index (κ3) is 2.92. The topological polar surface area (TPSA) is 56.0 Å². The average molecular weight is 257 g/mol. The van der Waals surface area contributed by atoms with Gasteiger partial charge in [-0.25, -0.2) is 0 Å². The van der Waals surface area contributed by atoms with Crippen LogP contribution in [0.4, 0.5) is 0 Å². The Kier molecular flexibility index (Phi) is 3.76. The van der Waals surface area contributed by atoms with Gasteiger partial charge in [-0.15, -0.1) is 0 Å². The summed E-state index contributed by atoms with van der Waals surface area (Å²) in [5, 5.41) is 10.5. The fourth-order valence-electron chi connectivity index (χ4n) is 0.927. The fourth-order valence-corrected chi connectivity index (χ4v) is 1.16. The Labute approximate surface area is 89.9 Å². The monoisotopic (exact) mass is 256 g/mol. The fraction of sp³-hybridized carbons (Fsp3) is 0.222. The Morgan fingerprint density at radius 2 is 2.43 bits per heavy atom. The molecule has 0 atom stereocenters.